The molecule has 12 N–H and O–H groups in total. The lowest BCUT2D eigenvalue weighted by Crippen LogP contribution is -2.35. The number of aliphatic hydroxyl groups excluding tert-OH is 6. The molecule has 0 heterocycles. The summed E-state index contributed by atoms with van der Waals surface area (Å²) in [5.74, 6) is -3.02. The summed E-state index contributed by atoms with van der Waals surface area (Å²) >= 11 is 10.9. The molecule has 0 aromatic heterocycles. The lowest BCUT2D eigenvalue weighted by Gasteiger charge is -2.22. The Morgan fingerprint density at radius 1 is 0.500 bits per heavy atom. The van der Waals surface area contributed by atoms with Crippen molar-refractivity contribution in [2.75, 3.05) is 60.8 Å². The highest BCUT2D eigenvalue weighted by Crippen LogP contribution is 2.41. The SMILES string of the molecule is O=C(CO)Nc1c(I)c(NC(=O)Nc2c(I)c(NC(=O)CO)c(I)c(C(=O)NCC(O)CO)c2I)c(I)c(C(=O)NCC(O)CO)c1I. The highest BCUT2D eigenvalue weighted by Gasteiger charge is 2.29. The molecule has 2 aromatic rings. The van der Waals surface area contributed by atoms with Crippen molar-refractivity contribution in [3.05, 3.63) is 32.5 Å². The molecule has 0 saturated carbocycles. The summed E-state index contributed by atoms with van der Waals surface area (Å²) in [6, 6.07) is -0.882. The smallest absolute Gasteiger partial charge is 0.323 e. The molecule has 0 fully saturated rings. The molecule has 0 spiro atoms. The summed E-state index contributed by atoms with van der Waals surface area (Å²) in [6.45, 7) is -3.58. The molecule has 2 aromatic carbocycles. The van der Waals surface area contributed by atoms with Crippen LogP contribution in [0.15, 0.2) is 0 Å². The number of urea groups is 1. The molecule has 0 aliphatic rings. The minimum Gasteiger partial charge on any atom is -0.394 e. The van der Waals surface area contributed by atoms with E-state index in [1.807, 2.05) is 136 Å². The van der Waals surface area contributed by atoms with E-state index in [1.54, 1.807) is 0 Å². The third-order valence-corrected chi connectivity index (χ3v) is 12.3. The maximum Gasteiger partial charge on any atom is 0.323 e. The van der Waals surface area contributed by atoms with Gasteiger partial charge in [0.05, 0.1) is 80.7 Å². The molecule has 48 heavy (non-hydrogen) atoms. The van der Waals surface area contributed by atoms with Crippen LogP contribution in [-0.2, 0) is 9.59 Å². The van der Waals surface area contributed by atoms with Crippen LogP contribution in [0.25, 0.3) is 0 Å². The van der Waals surface area contributed by atoms with Crippen molar-refractivity contribution in [1.29, 1.82) is 0 Å². The predicted octanol–water partition coefficient (Wildman–Crippen LogP) is 0.986. The number of amides is 6. The van der Waals surface area contributed by atoms with Crippen molar-refractivity contribution < 1.29 is 54.6 Å². The Hall–Kier alpha value is -0.270. The average Bonchev–Trinajstić information content (AvgIpc) is 3.06. The summed E-state index contributed by atoms with van der Waals surface area (Å²) in [7, 11) is 0. The van der Waals surface area contributed by atoms with E-state index in [0.717, 1.165) is 0 Å². The van der Waals surface area contributed by atoms with Crippen LogP contribution in [-0.4, -0.2) is 112 Å². The van der Waals surface area contributed by atoms with Gasteiger partial charge in [-0.25, -0.2) is 4.79 Å². The van der Waals surface area contributed by atoms with Gasteiger partial charge >= 0.3 is 6.03 Å². The Bertz CT molecular complexity index is 1490. The van der Waals surface area contributed by atoms with E-state index in [2.05, 4.69) is 31.9 Å². The van der Waals surface area contributed by atoms with Crippen LogP contribution in [0.3, 0.4) is 0 Å². The average molecular weight is 1350 g/mol. The second kappa shape index (κ2) is 20.7. The van der Waals surface area contributed by atoms with Gasteiger partial charge in [-0.15, -0.1) is 0 Å². The Balaban J connectivity index is 2.67. The molecule has 0 radical (unpaired) electrons. The van der Waals surface area contributed by atoms with Gasteiger partial charge in [0.1, 0.15) is 13.2 Å². The molecular formula is C25H26I6N6O11. The van der Waals surface area contributed by atoms with E-state index >= 15 is 0 Å². The third-order valence-electron chi connectivity index (χ3n) is 5.80. The fraction of sp³-hybridized carbons (Fsp3) is 0.320. The number of hydrogen-bond acceptors (Lipinski definition) is 11. The summed E-state index contributed by atoms with van der Waals surface area (Å²) in [5.41, 5.74) is 0.319. The van der Waals surface area contributed by atoms with Crippen LogP contribution >= 0.6 is 136 Å². The maximum absolute atomic E-state index is 13.6. The van der Waals surface area contributed by atoms with Gasteiger partial charge in [0, 0.05) is 13.1 Å². The zero-order chi connectivity index (χ0) is 36.5. The minimum atomic E-state index is -1.25. The number of hydrogen-bond donors (Lipinski definition) is 12. The van der Waals surface area contributed by atoms with Crippen molar-refractivity contribution in [2.24, 2.45) is 0 Å². The molecule has 0 bridgehead atoms. The molecular weight excluding hydrogens is 1320 g/mol. The largest absolute Gasteiger partial charge is 0.394 e. The second-order valence-corrected chi connectivity index (χ2v) is 15.7. The van der Waals surface area contributed by atoms with Crippen LogP contribution in [0.4, 0.5) is 27.5 Å². The van der Waals surface area contributed by atoms with Crippen molar-refractivity contribution >= 4 is 188 Å². The molecule has 0 saturated heterocycles. The minimum absolute atomic E-state index is 0.00162. The first-order valence-electron chi connectivity index (χ1n) is 13.0. The summed E-state index contributed by atoms with van der Waals surface area (Å²) in [5, 5.41) is 71.6. The number of rotatable bonds is 14. The standard InChI is InChI=1S/C25H26I6N6O11/c26-13-11(23(46)32-1-7(42)3-38)15(28)21(17(30)19(13)34-9(44)5-40)36-25(48)37-22-16(29)12(24(47)33-2-8(43)4-39)14(27)20(18(22)31)35-10(45)6-41/h7-8,38-43H,1-6H2,(H,32,46)(H,33,47)(H,34,44)(H,35,45)(H2,36,37,48). The Labute approximate surface area is 354 Å². The molecule has 0 aliphatic carbocycles. The van der Waals surface area contributed by atoms with Crippen LogP contribution in [0.1, 0.15) is 20.7 Å². The number of benzene rings is 2. The Morgan fingerprint density at radius 2 is 0.792 bits per heavy atom. The molecule has 2 atom stereocenters. The quantitative estimate of drug-likeness (QED) is 0.119. The molecule has 2 unspecified atom stereocenters. The van der Waals surface area contributed by atoms with Crippen LogP contribution < -0.4 is 31.9 Å². The van der Waals surface area contributed by atoms with Crippen molar-refractivity contribution in [3.63, 3.8) is 0 Å². The molecule has 17 nitrogen and oxygen atoms in total. The topological polar surface area (TPSA) is 279 Å². The number of anilines is 4. The fourth-order valence-electron chi connectivity index (χ4n) is 3.51. The number of nitrogens with one attached hydrogen (secondary N) is 6. The van der Waals surface area contributed by atoms with Gasteiger partial charge in [0.2, 0.25) is 11.8 Å². The first-order chi connectivity index (χ1) is 22.5. The van der Waals surface area contributed by atoms with E-state index in [1.165, 1.54) is 0 Å². The maximum atomic E-state index is 13.6. The van der Waals surface area contributed by atoms with E-state index in [4.69, 9.17) is 10.2 Å². The van der Waals surface area contributed by atoms with Crippen molar-refractivity contribution in [3.8, 4) is 0 Å². The number of carbonyl (C=O) groups excluding carboxylic acids is 5. The van der Waals surface area contributed by atoms with Crippen LogP contribution in [0.5, 0.6) is 0 Å². The zero-order valence-corrected chi connectivity index (χ0v) is 36.8. The first-order valence-corrected chi connectivity index (χ1v) is 19.5. The monoisotopic (exact) mass is 1350 g/mol. The fourth-order valence-corrected chi connectivity index (χ4v) is 11.9. The highest BCUT2D eigenvalue weighted by atomic mass is 127. The lowest BCUT2D eigenvalue weighted by molar-refractivity contribution is -0.119. The van der Waals surface area contributed by atoms with Gasteiger partial charge in [-0.05, 0) is 136 Å². The van der Waals surface area contributed by atoms with Crippen molar-refractivity contribution in [1.82, 2.24) is 10.6 Å². The first kappa shape index (κ1) is 43.9. The van der Waals surface area contributed by atoms with E-state index in [9.17, 15) is 44.4 Å². The normalized spacial score (nSPS) is 12.1. The van der Waals surface area contributed by atoms with Gasteiger partial charge in [0.15, 0.2) is 0 Å². The summed E-state index contributed by atoms with van der Waals surface area (Å²) in [4.78, 5) is 64.3. The van der Waals surface area contributed by atoms with Crippen LogP contribution in [0, 0.1) is 21.4 Å². The zero-order valence-electron chi connectivity index (χ0n) is 23.9. The summed E-state index contributed by atoms with van der Waals surface area (Å²) in [6.07, 6.45) is -2.49. The molecule has 23 heteroatoms. The van der Waals surface area contributed by atoms with Gasteiger partial charge < -0.3 is 62.5 Å². The van der Waals surface area contributed by atoms with Gasteiger partial charge in [-0.3, -0.25) is 19.2 Å². The van der Waals surface area contributed by atoms with E-state index in [-0.39, 0.29) is 68.4 Å². The van der Waals surface area contributed by atoms with Gasteiger partial charge in [-0.1, -0.05) is 0 Å². The third kappa shape index (κ3) is 11.4. The number of aliphatic hydroxyl groups is 6. The van der Waals surface area contributed by atoms with Gasteiger partial charge in [-0.2, -0.15) is 0 Å². The number of carbonyl (C=O) groups is 5. The second-order valence-electron chi connectivity index (χ2n) is 9.22. The lowest BCUT2D eigenvalue weighted by atomic mass is 10.1. The van der Waals surface area contributed by atoms with Gasteiger partial charge in [0.25, 0.3) is 11.8 Å². The van der Waals surface area contributed by atoms with Crippen LogP contribution in [0.2, 0.25) is 0 Å². The molecule has 6 amide bonds. The Morgan fingerprint density at radius 3 is 1.06 bits per heavy atom. The molecule has 2 rings (SSSR count). The molecule has 264 valence electrons. The van der Waals surface area contributed by atoms with Crippen molar-refractivity contribution in [2.45, 2.75) is 12.2 Å². The predicted molar refractivity (Wildman–Crippen MR) is 224 cm³/mol. The molecule has 0 aliphatic heterocycles. The highest BCUT2D eigenvalue weighted by molar-refractivity contribution is 14.1. The Kier molecular flexibility index (Phi) is 18.9. The van der Waals surface area contributed by atoms with E-state index < -0.39 is 68.3 Å². The van der Waals surface area contributed by atoms with E-state index in [0.29, 0.717) is 0 Å². The summed E-state index contributed by atoms with van der Waals surface area (Å²) < 4.78 is 1.49. The number of halogens is 6.